The third-order valence-corrected chi connectivity index (χ3v) is 4.90. The number of carboxylic acids is 1. The number of nitrogens with one attached hydrogen (secondary N) is 1. The second-order valence-corrected chi connectivity index (χ2v) is 6.54. The molecule has 7 nitrogen and oxygen atoms in total. The molecular weight excluding hydrogens is 321 g/mol. The van der Waals surface area contributed by atoms with Crippen LogP contribution in [0.25, 0.3) is 0 Å². The van der Waals surface area contributed by atoms with E-state index < -0.39 is 32.3 Å². The Morgan fingerprint density at radius 2 is 2.05 bits per heavy atom. The normalized spacial score (nSPS) is 11.4. The number of sulfonamides is 1. The molecule has 0 aliphatic rings. The average Bonchev–Trinajstić information content (AvgIpc) is 2.76. The molecule has 2 N–H and O–H groups in total. The second-order valence-electron chi connectivity index (χ2n) is 4.14. The minimum absolute atomic E-state index is 0.0213. The molecule has 10 heteroatoms. The van der Waals surface area contributed by atoms with Crippen LogP contribution in [0.5, 0.6) is 0 Å². The molecule has 0 aliphatic carbocycles. The van der Waals surface area contributed by atoms with Crippen LogP contribution < -0.4 is 4.72 Å². The SMILES string of the molecule is Cc1nsc(NS(=O)(=O)c2cc(C(=O)O)cc(F)c2C)n1. The molecule has 0 radical (unpaired) electrons. The van der Waals surface area contributed by atoms with Crippen LogP contribution in [-0.2, 0) is 10.0 Å². The first-order chi connectivity index (χ1) is 9.70. The largest absolute Gasteiger partial charge is 0.478 e. The van der Waals surface area contributed by atoms with E-state index in [1.807, 2.05) is 0 Å². The first-order valence-corrected chi connectivity index (χ1v) is 7.83. The summed E-state index contributed by atoms with van der Waals surface area (Å²) in [5, 5.41) is 8.90. The number of hydrogen-bond donors (Lipinski definition) is 2. The molecule has 0 saturated carbocycles. The van der Waals surface area contributed by atoms with Crippen LogP contribution >= 0.6 is 11.5 Å². The van der Waals surface area contributed by atoms with E-state index in [2.05, 4.69) is 14.1 Å². The molecule has 0 fully saturated rings. The van der Waals surface area contributed by atoms with Gasteiger partial charge in [0.15, 0.2) is 0 Å². The molecular formula is C11H10FN3O4S2. The first kappa shape index (κ1) is 15.3. The van der Waals surface area contributed by atoms with Crippen LogP contribution in [0.1, 0.15) is 21.7 Å². The molecule has 1 aromatic heterocycles. The fourth-order valence-corrected chi connectivity index (χ4v) is 3.64. The number of benzene rings is 1. The Labute approximate surface area is 123 Å². The lowest BCUT2D eigenvalue weighted by Crippen LogP contribution is -2.16. The summed E-state index contributed by atoms with van der Waals surface area (Å²) in [6.45, 7) is 2.84. The standard InChI is InChI=1S/C11H10FN3O4S2/c1-5-8(12)3-7(10(16)17)4-9(5)21(18,19)15-11-13-6(2)14-20-11/h3-4H,1-2H3,(H,16,17)(H,13,14,15). The number of hydrogen-bond acceptors (Lipinski definition) is 6. The van der Waals surface area contributed by atoms with Crippen molar-refractivity contribution in [1.82, 2.24) is 9.36 Å². The van der Waals surface area contributed by atoms with Crippen molar-refractivity contribution in [2.45, 2.75) is 18.7 Å². The van der Waals surface area contributed by atoms with Gasteiger partial charge in [0, 0.05) is 17.1 Å². The van der Waals surface area contributed by atoms with E-state index in [1.165, 1.54) is 6.92 Å². The summed E-state index contributed by atoms with van der Waals surface area (Å²) in [5.74, 6) is -1.94. The van der Waals surface area contributed by atoms with Gasteiger partial charge < -0.3 is 5.11 Å². The summed E-state index contributed by atoms with van der Waals surface area (Å²) in [5.41, 5.74) is -0.624. The molecule has 2 aromatic rings. The predicted molar refractivity (Wildman–Crippen MR) is 73.6 cm³/mol. The van der Waals surface area contributed by atoms with E-state index in [4.69, 9.17) is 5.11 Å². The molecule has 0 spiro atoms. The van der Waals surface area contributed by atoms with Gasteiger partial charge in [0.1, 0.15) is 11.6 Å². The van der Waals surface area contributed by atoms with Gasteiger partial charge in [-0.15, -0.1) is 0 Å². The van der Waals surface area contributed by atoms with Crippen LogP contribution in [0.3, 0.4) is 0 Å². The van der Waals surface area contributed by atoms with Gasteiger partial charge in [-0.3, -0.25) is 4.72 Å². The molecule has 0 unspecified atom stereocenters. The van der Waals surface area contributed by atoms with Crippen molar-refractivity contribution in [1.29, 1.82) is 0 Å². The van der Waals surface area contributed by atoms with E-state index >= 15 is 0 Å². The van der Waals surface area contributed by atoms with Crippen LogP contribution in [0, 0.1) is 19.7 Å². The van der Waals surface area contributed by atoms with Crippen molar-refractivity contribution in [3.05, 3.63) is 34.9 Å². The topological polar surface area (TPSA) is 109 Å². The smallest absolute Gasteiger partial charge is 0.335 e. The molecule has 21 heavy (non-hydrogen) atoms. The number of anilines is 1. The number of nitrogens with zero attached hydrogens (tertiary/aromatic N) is 2. The number of halogens is 1. The highest BCUT2D eigenvalue weighted by Gasteiger charge is 2.23. The van der Waals surface area contributed by atoms with E-state index in [0.717, 1.165) is 23.7 Å². The van der Waals surface area contributed by atoms with Crippen molar-refractivity contribution in [3.8, 4) is 0 Å². The lowest BCUT2D eigenvalue weighted by atomic mass is 10.1. The van der Waals surface area contributed by atoms with Gasteiger partial charge in [0.2, 0.25) is 5.13 Å². The van der Waals surface area contributed by atoms with Crippen molar-refractivity contribution in [2.24, 2.45) is 0 Å². The quantitative estimate of drug-likeness (QED) is 0.884. The highest BCUT2D eigenvalue weighted by atomic mass is 32.2. The van der Waals surface area contributed by atoms with Crippen LogP contribution in [0.15, 0.2) is 17.0 Å². The fourth-order valence-electron chi connectivity index (χ4n) is 1.56. The summed E-state index contributed by atoms with van der Waals surface area (Å²) in [7, 11) is -4.15. The molecule has 0 amide bonds. The van der Waals surface area contributed by atoms with Crippen LogP contribution in [-0.4, -0.2) is 28.9 Å². The van der Waals surface area contributed by atoms with Gasteiger partial charge >= 0.3 is 5.97 Å². The van der Waals surface area contributed by atoms with Gasteiger partial charge in [-0.1, -0.05) is 0 Å². The summed E-state index contributed by atoms with van der Waals surface area (Å²) in [6, 6.07) is 1.67. The van der Waals surface area contributed by atoms with Crippen molar-refractivity contribution in [2.75, 3.05) is 4.72 Å². The molecule has 1 heterocycles. The second kappa shape index (κ2) is 5.37. The minimum Gasteiger partial charge on any atom is -0.478 e. The van der Waals surface area contributed by atoms with E-state index in [0.29, 0.717) is 5.82 Å². The van der Waals surface area contributed by atoms with E-state index in [1.54, 1.807) is 6.92 Å². The number of rotatable bonds is 4. The zero-order chi connectivity index (χ0) is 15.8. The Balaban J connectivity index is 2.51. The van der Waals surface area contributed by atoms with E-state index in [9.17, 15) is 17.6 Å². The maximum Gasteiger partial charge on any atom is 0.335 e. The number of aromatic carboxylic acids is 1. The lowest BCUT2D eigenvalue weighted by Gasteiger charge is -2.09. The van der Waals surface area contributed by atoms with Crippen molar-refractivity contribution < 1.29 is 22.7 Å². The summed E-state index contributed by atoms with van der Waals surface area (Å²) < 4.78 is 44.1. The molecule has 0 saturated heterocycles. The number of aromatic nitrogens is 2. The maximum atomic E-state index is 13.7. The fraction of sp³-hybridized carbons (Fsp3) is 0.182. The molecule has 2 rings (SSSR count). The lowest BCUT2D eigenvalue weighted by molar-refractivity contribution is 0.0696. The Hall–Kier alpha value is -2.07. The molecule has 1 aromatic carbocycles. The van der Waals surface area contributed by atoms with Gasteiger partial charge in [0.25, 0.3) is 10.0 Å². The molecule has 0 atom stereocenters. The van der Waals surface area contributed by atoms with Crippen molar-refractivity contribution in [3.63, 3.8) is 0 Å². The molecule has 0 aliphatic heterocycles. The monoisotopic (exact) mass is 331 g/mol. The summed E-state index contributed by atoms with van der Waals surface area (Å²) in [6.07, 6.45) is 0. The number of carbonyl (C=O) groups is 1. The zero-order valence-corrected chi connectivity index (χ0v) is 12.5. The Morgan fingerprint density at radius 3 is 2.57 bits per heavy atom. The van der Waals surface area contributed by atoms with Gasteiger partial charge in [0.05, 0.1) is 10.5 Å². The van der Waals surface area contributed by atoms with Gasteiger partial charge in [-0.2, -0.15) is 4.37 Å². The third-order valence-electron chi connectivity index (χ3n) is 2.58. The Kier molecular flexibility index (Phi) is 3.92. The highest BCUT2D eigenvalue weighted by Crippen LogP contribution is 2.24. The van der Waals surface area contributed by atoms with Crippen molar-refractivity contribution >= 4 is 32.7 Å². The predicted octanol–water partition coefficient (Wildman–Crippen LogP) is 1.79. The summed E-state index contributed by atoms with van der Waals surface area (Å²) in [4.78, 5) is 14.3. The highest BCUT2D eigenvalue weighted by molar-refractivity contribution is 7.93. The summed E-state index contributed by atoms with van der Waals surface area (Å²) >= 11 is 0.830. The van der Waals surface area contributed by atoms with Gasteiger partial charge in [-0.25, -0.2) is 22.6 Å². The average molecular weight is 331 g/mol. The maximum absolute atomic E-state index is 13.7. The van der Waals surface area contributed by atoms with Crippen LogP contribution in [0.4, 0.5) is 9.52 Å². The Bertz CT molecular complexity index is 817. The number of aryl methyl sites for hydroxylation is 1. The third kappa shape index (κ3) is 3.16. The Morgan fingerprint density at radius 1 is 1.38 bits per heavy atom. The first-order valence-electron chi connectivity index (χ1n) is 5.57. The minimum atomic E-state index is -4.15. The number of carboxylic acid groups (broad SMARTS) is 1. The zero-order valence-electron chi connectivity index (χ0n) is 10.9. The molecule has 112 valence electrons. The van der Waals surface area contributed by atoms with Crippen LogP contribution in [0.2, 0.25) is 0 Å². The van der Waals surface area contributed by atoms with Gasteiger partial charge in [-0.05, 0) is 26.0 Å². The van der Waals surface area contributed by atoms with E-state index in [-0.39, 0.29) is 10.7 Å². The molecule has 0 bridgehead atoms.